The molecule has 1 saturated heterocycles. The highest BCUT2D eigenvalue weighted by molar-refractivity contribution is 5.97. The van der Waals surface area contributed by atoms with Gasteiger partial charge < -0.3 is 15.0 Å². The van der Waals surface area contributed by atoms with Gasteiger partial charge in [0.05, 0.1) is 18.4 Å². The lowest BCUT2D eigenvalue weighted by Gasteiger charge is -2.33. The molecule has 1 amide bonds. The summed E-state index contributed by atoms with van der Waals surface area (Å²) in [5, 5.41) is 3.12. The van der Waals surface area contributed by atoms with Gasteiger partial charge in [0.25, 0.3) is 5.91 Å². The normalized spacial score (nSPS) is 16.2. The molecule has 0 bridgehead atoms. The van der Waals surface area contributed by atoms with E-state index >= 15 is 0 Å². The molecule has 7 nitrogen and oxygen atoms in total. The van der Waals surface area contributed by atoms with E-state index in [-0.39, 0.29) is 11.8 Å². The van der Waals surface area contributed by atoms with Crippen LogP contribution in [0.4, 0.5) is 5.82 Å². The Morgan fingerprint density at radius 3 is 2.83 bits per heavy atom. The lowest BCUT2D eigenvalue weighted by molar-refractivity contribution is 0.0702. The highest BCUT2D eigenvalue weighted by Crippen LogP contribution is 2.30. The van der Waals surface area contributed by atoms with Crippen LogP contribution in [-0.4, -0.2) is 53.0 Å². The van der Waals surface area contributed by atoms with E-state index in [0.29, 0.717) is 23.7 Å². The van der Waals surface area contributed by atoms with Crippen molar-refractivity contribution in [3.63, 3.8) is 0 Å². The zero-order valence-corrected chi connectivity index (χ0v) is 17.2. The van der Waals surface area contributed by atoms with Crippen LogP contribution in [0, 0.1) is 0 Å². The Hall–Kier alpha value is -3.48. The number of carbonyl (C=O) groups is 1. The third kappa shape index (κ3) is 4.10. The molecule has 0 aliphatic carbocycles. The molecule has 1 aliphatic rings. The van der Waals surface area contributed by atoms with E-state index in [9.17, 15) is 4.79 Å². The number of aromatic nitrogens is 3. The van der Waals surface area contributed by atoms with Gasteiger partial charge in [0.15, 0.2) is 5.82 Å². The number of piperidine rings is 1. The van der Waals surface area contributed by atoms with Crippen molar-refractivity contribution in [3.8, 4) is 17.1 Å². The largest absolute Gasteiger partial charge is 0.496 e. The Kier molecular flexibility index (Phi) is 5.88. The molecule has 30 heavy (non-hydrogen) atoms. The number of likely N-dealkylation sites (tertiary alicyclic amines) is 1. The number of nitrogens with one attached hydrogen (secondary N) is 1. The summed E-state index contributed by atoms with van der Waals surface area (Å²) in [4.78, 5) is 28.6. The molecule has 0 saturated carbocycles. The number of methoxy groups -OCH3 is 1. The molecule has 0 spiro atoms. The summed E-state index contributed by atoms with van der Waals surface area (Å²) in [6, 6.07) is 13.2. The van der Waals surface area contributed by atoms with Crippen LogP contribution < -0.4 is 10.1 Å². The van der Waals surface area contributed by atoms with E-state index in [1.54, 1.807) is 19.5 Å². The lowest BCUT2D eigenvalue weighted by Crippen LogP contribution is -2.39. The van der Waals surface area contributed by atoms with Crippen LogP contribution in [0.5, 0.6) is 5.75 Å². The molecule has 2 aromatic heterocycles. The minimum atomic E-state index is -0.00692. The maximum atomic E-state index is 13.2. The molecular formula is C23H25N5O2. The molecule has 3 heterocycles. The number of para-hydroxylation sites is 1. The smallest absolute Gasteiger partial charge is 0.257 e. The van der Waals surface area contributed by atoms with Crippen LogP contribution in [0.3, 0.4) is 0 Å². The van der Waals surface area contributed by atoms with E-state index in [4.69, 9.17) is 9.72 Å². The Morgan fingerprint density at radius 2 is 2.07 bits per heavy atom. The lowest BCUT2D eigenvalue weighted by atomic mass is 9.93. The van der Waals surface area contributed by atoms with Crippen LogP contribution in [0.1, 0.15) is 34.8 Å². The molecule has 4 rings (SSSR count). The fourth-order valence-electron chi connectivity index (χ4n) is 3.82. The van der Waals surface area contributed by atoms with Crippen LogP contribution in [0.15, 0.2) is 54.9 Å². The minimum absolute atomic E-state index is 0.00692. The van der Waals surface area contributed by atoms with Crippen molar-refractivity contribution in [1.82, 2.24) is 19.9 Å². The SMILES string of the molecule is CNc1cc(C2CCCN(C(=O)c3ccccc3OC)C2)nc(-c2cccnc2)n1. The van der Waals surface area contributed by atoms with Crippen molar-refractivity contribution in [2.24, 2.45) is 0 Å². The summed E-state index contributed by atoms with van der Waals surface area (Å²) in [5.41, 5.74) is 2.40. The summed E-state index contributed by atoms with van der Waals surface area (Å²) in [6.07, 6.45) is 5.39. The van der Waals surface area contributed by atoms with Gasteiger partial charge in [-0.3, -0.25) is 9.78 Å². The number of nitrogens with zero attached hydrogens (tertiary/aromatic N) is 4. The average Bonchev–Trinajstić information content (AvgIpc) is 2.83. The number of rotatable bonds is 5. The number of hydrogen-bond acceptors (Lipinski definition) is 6. The first-order valence-corrected chi connectivity index (χ1v) is 10.1. The average molecular weight is 403 g/mol. The van der Waals surface area contributed by atoms with Gasteiger partial charge in [0.1, 0.15) is 11.6 Å². The van der Waals surface area contributed by atoms with Crippen LogP contribution in [-0.2, 0) is 0 Å². The minimum Gasteiger partial charge on any atom is -0.496 e. The Balaban J connectivity index is 1.61. The fourth-order valence-corrected chi connectivity index (χ4v) is 3.82. The van der Waals surface area contributed by atoms with Gasteiger partial charge >= 0.3 is 0 Å². The quantitative estimate of drug-likeness (QED) is 0.701. The van der Waals surface area contributed by atoms with Crippen molar-refractivity contribution >= 4 is 11.7 Å². The highest BCUT2D eigenvalue weighted by atomic mass is 16.5. The third-order valence-corrected chi connectivity index (χ3v) is 5.39. The summed E-state index contributed by atoms with van der Waals surface area (Å²) in [6.45, 7) is 1.34. The second-order valence-corrected chi connectivity index (χ2v) is 7.28. The second-order valence-electron chi connectivity index (χ2n) is 7.28. The molecule has 7 heteroatoms. The van der Waals surface area contributed by atoms with Gasteiger partial charge in [-0.05, 0) is 37.1 Å². The number of amides is 1. The monoisotopic (exact) mass is 403 g/mol. The molecule has 1 aliphatic heterocycles. The zero-order chi connectivity index (χ0) is 20.9. The molecule has 1 N–H and O–H groups in total. The van der Waals surface area contributed by atoms with Crippen molar-refractivity contribution in [3.05, 3.63) is 66.1 Å². The standard InChI is InChI=1S/C23H25N5O2/c1-24-21-13-19(26-22(27-21)16-7-5-11-25-14-16)17-8-6-12-28(15-17)23(29)18-9-3-4-10-20(18)30-2/h3-5,7,9-11,13-14,17H,6,8,12,15H2,1-2H3,(H,24,26,27). The predicted molar refractivity (Wildman–Crippen MR) is 116 cm³/mol. The van der Waals surface area contributed by atoms with E-state index in [0.717, 1.165) is 36.5 Å². The summed E-state index contributed by atoms with van der Waals surface area (Å²) in [5.74, 6) is 2.13. The van der Waals surface area contributed by atoms with E-state index in [1.165, 1.54) is 0 Å². The molecule has 0 radical (unpaired) electrons. The zero-order valence-electron chi connectivity index (χ0n) is 17.2. The highest BCUT2D eigenvalue weighted by Gasteiger charge is 2.28. The van der Waals surface area contributed by atoms with Gasteiger partial charge in [0, 0.05) is 50.1 Å². The van der Waals surface area contributed by atoms with Crippen molar-refractivity contribution in [2.45, 2.75) is 18.8 Å². The van der Waals surface area contributed by atoms with E-state index in [1.807, 2.05) is 54.4 Å². The number of ether oxygens (including phenoxy) is 1. The maximum absolute atomic E-state index is 13.2. The first-order valence-electron chi connectivity index (χ1n) is 10.1. The van der Waals surface area contributed by atoms with Gasteiger partial charge in [-0.15, -0.1) is 0 Å². The number of pyridine rings is 1. The van der Waals surface area contributed by atoms with Crippen molar-refractivity contribution in [1.29, 1.82) is 0 Å². The number of benzene rings is 1. The Bertz CT molecular complexity index is 1030. The number of anilines is 1. The Labute approximate surface area is 176 Å². The van der Waals surface area contributed by atoms with Gasteiger partial charge in [-0.1, -0.05) is 12.1 Å². The molecule has 3 aromatic rings. The third-order valence-electron chi connectivity index (χ3n) is 5.39. The van der Waals surface area contributed by atoms with Crippen molar-refractivity contribution < 1.29 is 9.53 Å². The molecule has 1 fully saturated rings. The molecular weight excluding hydrogens is 378 g/mol. The van der Waals surface area contributed by atoms with E-state index < -0.39 is 0 Å². The van der Waals surface area contributed by atoms with Crippen LogP contribution in [0.25, 0.3) is 11.4 Å². The molecule has 1 unspecified atom stereocenters. The van der Waals surface area contributed by atoms with E-state index in [2.05, 4.69) is 15.3 Å². The van der Waals surface area contributed by atoms with Crippen LogP contribution in [0.2, 0.25) is 0 Å². The summed E-state index contributed by atoms with van der Waals surface area (Å²) in [7, 11) is 3.43. The topological polar surface area (TPSA) is 80.2 Å². The molecule has 1 atom stereocenters. The molecule has 154 valence electrons. The van der Waals surface area contributed by atoms with Gasteiger partial charge in [0.2, 0.25) is 0 Å². The summed E-state index contributed by atoms with van der Waals surface area (Å²) < 4.78 is 5.38. The second kappa shape index (κ2) is 8.90. The number of carbonyl (C=O) groups excluding carboxylic acids is 1. The Morgan fingerprint density at radius 1 is 1.20 bits per heavy atom. The number of hydrogen-bond donors (Lipinski definition) is 1. The maximum Gasteiger partial charge on any atom is 0.257 e. The van der Waals surface area contributed by atoms with Gasteiger partial charge in [-0.2, -0.15) is 0 Å². The fraction of sp³-hybridized carbons (Fsp3) is 0.304. The predicted octanol–water partition coefficient (Wildman–Crippen LogP) is 3.61. The first kappa shape index (κ1) is 19.8. The van der Waals surface area contributed by atoms with Gasteiger partial charge in [-0.25, -0.2) is 9.97 Å². The van der Waals surface area contributed by atoms with Crippen molar-refractivity contribution in [2.75, 3.05) is 32.6 Å². The first-order chi connectivity index (χ1) is 14.7. The summed E-state index contributed by atoms with van der Waals surface area (Å²) >= 11 is 0. The molecule has 1 aromatic carbocycles. The van der Waals surface area contributed by atoms with Crippen LogP contribution >= 0.6 is 0 Å².